The van der Waals surface area contributed by atoms with Crippen molar-refractivity contribution in [2.75, 3.05) is 29.4 Å². The van der Waals surface area contributed by atoms with Crippen LogP contribution < -0.4 is 10.0 Å². The van der Waals surface area contributed by atoms with E-state index in [1.807, 2.05) is 11.8 Å². The van der Waals surface area contributed by atoms with Crippen LogP contribution in [-0.2, 0) is 14.8 Å². The van der Waals surface area contributed by atoms with Crippen LogP contribution in [0.1, 0.15) is 19.8 Å². The molecular formula is C14H21N3O3S. The van der Waals surface area contributed by atoms with Crippen LogP contribution in [0.25, 0.3) is 0 Å². The van der Waals surface area contributed by atoms with E-state index < -0.39 is 10.0 Å². The number of anilines is 2. The number of hydrogen-bond donors (Lipinski definition) is 2. The second-order valence-electron chi connectivity index (χ2n) is 5.35. The molecule has 0 radical (unpaired) electrons. The molecule has 1 amide bonds. The molecule has 7 heteroatoms. The molecular weight excluding hydrogens is 290 g/mol. The number of likely N-dealkylation sites (tertiary alicyclic amines) is 1. The molecule has 1 heterocycles. The summed E-state index contributed by atoms with van der Waals surface area (Å²) in [5, 5.41) is 3.14. The van der Waals surface area contributed by atoms with Gasteiger partial charge in [-0.15, -0.1) is 0 Å². The predicted octanol–water partition coefficient (Wildman–Crippen LogP) is 1.48. The second-order valence-corrected chi connectivity index (χ2v) is 7.10. The highest BCUT2D eigenvalue weighted by Crippen LogP contribution is 2.16. The van der Waals surface area contributed by atoms with Crippen molar-refractivity contribution in [1.82, 2.24) is 4.90 Å². The maximum atomic E-state index is 12.2. The van der Waals surface area contributed by atoms with Crippen LogP contribution in [0.2, 0.25) is 0 Å². The van der Waals surface area contributed by atoms with Crippen molar-refractivity contribution in [2.45, 2.75) is 25.8 Å². The van der Waals surface area contributed by atoms with Gasteiger partial charge in [-0.05, 0) is 44.0 Å². The predicted molar refractivity (Wildman–Crippen MR) is 83.8 cm³/mol. The van der Waals surface area contributed by atoms with Crippen molar-refractivity contribution in [3.8, 4) is 0 Å². The molecule has 1 aromatic rings. The Bertz CT molecular complexity index is 592. The van der Waals surface area contributed by atoms with Crippen LogP contribution in [-0.4, -0.2) is 44.6 Å². The van der Waals surface area contributed by atoms with E-state index >= 15 is 0 Å². The number of nitrogens with zero attached hydrogens (tertiary/aromatic N) is 1. The lowest BCUT2D eigenvalue weighted by atomic mass is 10.2. The lowest BCUT2D eigenvalue weighted by Crippen LogP contribution is -2.39. The number of hydrogen-bond acceptors (Lipinski definition) is 4. The molecule has 6 nitrogen and oxygen atoms in total. The third-order valence-corrected chi connectivity index (χ3v) is 3.97. The topological polar surface area (TPSA) is 78.5 Å². The Morgan fingerprint density at radius 3 is 2.19 bits per heavy atom. The minimum absolute atomic E-state index is 0.103. The molecule has 0 bridgehead atoms. The summed E-state index contributed by atoms with van der Waals surface area (Å²) in [6.07, 6.45) is 3.25. The fourth-order valence-corrected chi connectivity index (χ4v) is 2.94. The minimum Gasteiger partial charge on any atom is -0.374 e. The van der Waals surface area contributed by atoms with Crippen LogP contribution in [0.3, 0.4) is 0 Å². The van der Waals surface area contributed by atoms with Gasteiger partial charge in [0.15, 0.2) is 0 Å². The van der Waals surface area contributed by atoms with Gasteiger partial charge in [-0.1, -0.05) is 0 Å². The van der Waals surface area contributed by atoms with Gasteiger partial charge in [0.25, 0.3) is 0 Å². The molecule has 1 aliphatic rings. The minimum atomic E-state index is -3.27. The van der Waals surface area contributed by atoms with Gasteiger partial charge in [-0.3, -0.25) is 9.52 Å². The number of sulfonamides is 1. The fraction of sp³-hybridized carbons (Fsp3) is 0.500. The van der Waals surface area contributed by atoms with E-state index in [9.17, 15) is 13.2 Å². The standard InChI is InChI=1S/C14H21N3O3S/c1-11(14(18)17-9-3-4-10-17)15-12-5-7-13(8-6-12)16-21(2,19)20/h5-8,11,15-16H,3-4,9-10H2,1-2H3. The Morgan fingerprint density at radius 2 is 1.67 bits per heavy atom. The number of amides is 1. The van der Waals surface area contributed by atoms with E-state index in [1.165, 1.54) is 0 Å². The third kappa shape index (κ3) is 4.63. The van der Waals surface area contributed by atoms with Gasteiger partial charge >= 0.3 is 0 Å². The zero-order chi connectivity index (χ0) is 15.5. The highest BCUT2D eigenvalue weighted by atomic mass is 32.2. The SMILES string of the molecule is CC(Nc1ccc(NS(C)(=O)=O)cc1)C(=O)N1CCCC1. The molecule has 1 unspecified atom stereocenters. The van der Waals surface area contributed by atoms with E-state index in [1.54, 1.807) is 24.3 Å². The average Bonchev–Trinajstić information content (AvgIpc) is 2.92. The van der Waals surface area contributed by atoms with Gasteiger partial charge in [-0.25, -0.2) is 8.42 Å². The van der Waals surface area contributed by atoms with E-state index in [0.29, 0.717) is 5.69 Å². The monoisotopic (exact) mass is 311 g/mol. The van der Waals surface area contributed by atoms with Crippen molar-refractivity contribution < 1.29 is 13.2 Å². The first-order valence-corrected chi connectivity index (χ1v) is 8.87. The van der Waals surface area contributed by atoms with Crippen molar-refractivity contribution in [2.24, 2.45) is 0 Å². The van der Waals surface area contributed by atoms with Crippen molar-refractivity contribution in [3.05, 3.63) is 24.3 Å². The summed E-state index contributed by atoms with van der Waals surface area (Å²) in [5.41, 5.74) is 1.29. The second kappa shape index (κ2) is 6.34. The summed E-state index contributed by atoms with van der Waals surface area (Å²) >= 11 is 0. The Kier molecular flexibility index (Phi) is 4.72. The number of rotatable bonds is 5. The number of nitrogens with one attached hydrogen (secondary N) is 2. The van der Waals surface area contributed by atoms with Crippen molar-refractivity contribution in [3.63, 3.8) is 0 Å². The Labute approximate surface area is 125 Å². The molecule has 0 aromatic heterocycles. The third-order valence-electron chi connectivity index (χ3n) is 3.36. The average molecular weight is 311 g/mol. The molecule has 0 spiro atoms. The highest BCUT2D eigenvalue weighted by molar-refractivity contribution is 7.92. The van der Waals surface area contributed by atoms with Gasteiger partial charge in [-0.2, -0.15) is 0 Å². The molecule has 1 saturated heterocycles. The maximum Gasteiger partial charge on any atom is 0.244 e. The Balaban J connectivity index is 1.94. The van der Waals surface area contributed by atoms with Gasteiger partial charge in [0.05, 0.1) is 6.26 Å². The zero-order valence-electron chi connectivity index (χ0n) is 12.3. The first-order valence-electron chi connectivity index (χ1n) is 6.98. The lowest BCUT2D eigenvalue weighted by molar-refractivity contribution is -0.130. The van der Waals surface area contributed by atoms with E-state index in [-0.39, 0.29) is 11.9 Å². The Hall–Kier alpha value is -1.76. The summed E-state index contributed by atoms with van der Waals surface area (Å²) in [7, 11) is -3.27. The summed E-state index contributed by atoms with van der Waals surface area (Å²) in [5.74, 6) is 0.103. The van der Waals surface area contributed by atoms with E-state index in [2.05, 4.69) is 10.0 Å². The van der Waals surface area contributed by atoms with Crippen LogP contribution in [0, 0.1) is 0 Å². The van der Waals surface area contributed by atoms with Crippen LogP contribution in [0.4, 0.5) is 11.4 Å². The quantitative estimate of drug-likeness (QED) is 0.863. The smallest absolute Gasteiger partial charge is 0.244 e. The molecule has 2 rings (SSSR count). The van der Waals surface area contributed by atoms with Gasteiger partial charge in [0.1, 0.15) is 6.04 Å². The first kappa shape index (κ1) is 15.6. The normalized spacial score (nSPS) is 16.6. The molecule has 1 aliphatic heterocycles. The highest BCUT2D eigenvalue weighted by Gasteiger charge is 2.22. The fourth-order valence-electron chi connectivity index (χ4n) is 2.37. The first-order chi connectivity index (χ1) is 9.85. The number of carbonyl (C=O) groups is 1. The molecule has 0 aliphatic carbocycles. The molecule has 2 N–H and O–H groups in total. The van der Waals surface area contributed by atoms with Gasteiger partial charge < -0.3 is 10.2 Å². The molecule has 1 atom stereocenters. The van der Waals surface area contributed by atoms with Gasteiger partial charge in [0, 0.05) is 24.5 Å². The number of carbonyl (C=O) groups excluding carboxylic acids is 1. The van der Waals surface area contributed by atoms with E-state index in [0.717, 1.165) is 37.9 Å². The molecule has 21 heavy (non-hydrogen) atoms. The molecule has 0 saturated carbocycles. The van der Waals surface area contributed by atoms with E-state index in [4.69, 9.17) is 0 Å². The summed E-state index contributed by atoms with van der Waals surface area (Å²) < 4.78 is 24.6. The summed E-state index contributed by atoms with van der Waals surface area (Å²) in [6.45, 7) is 3.51. The summed E-state index contributed by atoms with van der Waals surface area (Å²) in [6, 6.07) is 6.53. The number of benzene rings is 1. The molecule has 1 aromatic carbocycles. The molecule has 1 fully saturated rings. The van der Waals surface area contributed by atoms with Crippen molar-refractivity contribution >= 4 is 27.3 Å². The van der Waals surface area contributed by atoms with Crippen LogP contribution >= 0.6 is 0 Å². The van der Waals surface area contributed by atoms with Crippen LogP contribution in [0.15, 0.2) is 24.3 Å². The largest absolute Gasteiger partial charge is 0.374 e. The van der Waals surface area contributed by atoms with Crippen molar-refractivity contribution in [1.29, 1.82) is 0 Å². The van der Waals surface area contributed by atoms with Gasteiger partial charge in [0.2, 0.25) is 15.9 Å². The Morgan fingerprint density at radius 1 is 1.14 bits per heavy atom. The van der Waals surface area contributed by atoms with Crippen LogP contribution in [0.5, 0.6) is 0 Å². The molecule has 116 valence electrons. The summed E-state index contributed by atoms with van der Waals surface area (Å²) in [4.78, 5) is 14.0. The zero-order valence-corrected chi connectivity index (χ0v) is 13.1. The lowest BCUT2D eigenvalue weighted by Gasteiger charge is -2.22. The maximum absolute atomic E-state index is 12.2.